The van der Waals surface area contributed by atoms with E-state index in [0.29, 0.717) is 17.7 Å². The van der Waals surface area contributed by atoms with Crippen LogP contribution < -0.4 is 4.74 Å². The molecule has 29 heavy (non-hydrogen) atoms. The molecule has 2 heterocycles. The van der Waals surface area contributed by atoms with Crippen molar-refractivity contribution < 1.29 is 14.9 Å². The molecule has 150 valence electrons. The van der Waals surface area contributed by atoms with Crippen LogP contribution in [0, 0.1) is 5.92 Å². The fourth-order valence-electron chi connectivity index (χ4n) is 7.43. The normalized spacial score (nSPS) is 39.7. The van der Waals surface area contributed by atoms with Gasteiger partial charge in [-0.25, -0.2) is 0 Å². The van der Waals surface area contributed by atoms with Crippen molar-refractivity contribution in [3.05, 3.63) is 59.2 Å². The first-order valence-electron chi connectivity index (χ1n) is 11.2. The predicted molar refractivity (Wildman–Crippen MR) is 109 cm³/mol. The maximum Gasteiger partial charge on any atom is 0.165 e. The zero-order chi connectivity index (χ0) is 19.3. The van der Waals surface area contributed by atoms with Crippen LogP contribution in [0.4, 0.5) is 0 Å². The Kier molecular flexibility index (Phi) is 3.20. The van der Waals surface area contributed by atoms with Gasteiger partial charge in [-0.3, -0.25) is 4.90 Å². The lowest BCUT2D eigenvalue weighted by molar-refractivity contribution is -0.115. The molecule has 5 aliphatic rings. The van der Waals surface area contributed by atoms with Gasteiger partial charge in [-0.2, -0.15) is 0 Å². The molecule has 2 saturated carbocycles. The van der Waals surface area contributed by atoms with Crippen LogP contribution in [-0.2, 0) is 11.8 Å². The number of ether oxygens (including phenoxy) is 1. The Morgan fingerprint density at radius 3 is 2.69 bits per heavy atom. The standard InChI is InChI=1S/C25H27NO3/c27-20-9-6-15-12-19-18-13-17(14-4-2-1-3-5-14)22(28)24-25(18,21(15)23(20)29-24)10-11-26(19)16-7-8-16/h1-6,9,16-19,22,24,27-28H,7-8,10-13H2/t17-,18?,19-,22+,24+,25+/m1/s1. The largest absolute Gasteiger partial charge is 0.504 e. The highest BCUT2D eigenvalue weighted by Gasteiger charge is 2.68. The molecule has 1 saturated heterocycles. The number of phenolic OH excluding ortho intramolecular Hbond substituents is 1. The van der Waals surface area contributed by atoms with E-state index in [1.165, 1.54) is 29.5 Å². The van der Waals surface area contributed by atoms with Crippen molar-refractivity contribution in [1.82, 2.24) is 4.90 Å². The van der Waals surface area contributed by atoms with Crippen LogP contribution >= 0.6 is 0 Å². The molecular formula is C25H27NO3. The summed E-state index contributed by atoms with van der Waals surface area (Å²) in [6, 6.07) is 15.6. The summed E-state index contributed by atoms with van der Waals surface area (Å²) in [6.07, 6.45) is 4.89. The lowest BCUT2D eigenvalue weighted by Gasteiger charge is -2.60. The number of aliphatic hydroxyl groups is 1. The number of aromatic hydroxyl groups is 1. The molecule has 1 spiro atoms. The Labute approximate surface area is 171 Å². The molecule has 2 aromatic rings. The van der Waals surface area contributed by atoms with E-state index in [4.69, 9.17) is 4.74 Å². The van der Waals surface area contributed by atoms with Crippen LogP contribution in [0.15, 0.2) is 42.5 Å². The first-order valence-corrected chi connectivity index (χ1v) is 11.2. The van der Waals surface area contributed by atoms with Gasteiger partial charge < -0.3 is 14.9 Å². The molecular weight excluding hydrogens is 362 g/mol. The Hall–Kier alpha value is -2.04. The van der Waals surface area contributed by atoms with Crippen LogP contribution in [0.2, 0.25) is 0 Å². The molecule has 7 rings (SSSR count). The molecule has 2 bridgehead atoms. The third-order valence-electron chi connectivity index (χ3n) is 8.68. The molecule has 0 radical (unpaired) electrons. The van der Waals surface area contributed by atoms with Crippen molar-refractivity contribution in [2.75, 3.05) is 6.54 Å². The molecule has 4 heteroatoms. The van der Waals surface area contributed by atoms with Crippen LogP contribution in [-0.4, -0.2) is 45.9 Å². The van der Waals surface area contributed by atoms with Crippen molar-refractivity contribution >= 4 is 0 Å². The minimum atomic E-state index is -0.556. The Balaban J connectivity index is 1.42. The summed E-state index contributed by atoms with van der Waals surface area (Å²) in [7, 11) is 0. The van der Waals surface area contributed by atoms with Gasteiger partial charge in [-0.1, -0.05) is 36.4 Å². The van der Waals surface area contributed by atoms with E-state index in [1.54, 1.807) is 6.07 Å². The van der Waals surface area contributed by atoms with Crippen molar-refractivity contribution in [2.24, 2.45) is 5.92 Å². The third-order valence-corrected chi connectivity index (χ3v) is 8.68. The van der Waals surface area contributed by atoms with Crippen molar-refractivity contribution in [3.63, 3.8) is 0 Å². The summed E-state index contributed by atoms with van der Waals surface area (Å²) in [5.41, 5.74) is 3.62. The summed E-state index contributed by atoms with van der Waals surface area (Å²) >= 11 is 0. The zero-order valence-corrected chi connectivity index (χ0v) is 16.5. The highest BCUT2D eigenvalue weighted by molar-refractivity contribution is 5.61. The van der Waals surface area contributed by atoms with Crippen LogP contribution in [0.3, 0.4) is 0 Å². The summed E-state index contributed by atoms with van der Waals surface area (Å²) in [5.74, 6) is 1.44. The smallest absolute Gasteiger partial charge is 0.165 e. The topological polar surface area (TPSA) is 52.9 Å². The van der Waals surface area contributed by atoms with Crippen molar-refractivity contribution in [2.45, 2.75) is 67.7 Å². The molecule has 3 fully saturated rings. The van der Waals surface area contributed by atoms with Gasteiger partial charge >= 0.3 is 0 Å². The minimum absolute atomic E-state index is 0.0824. The van der Waals surface area contributed by atoms with E-state index in [1.807, 2.05) is 6.07 Å². The quantitative estimate of drug-likeness (QED) is 0.827. The van der Waals surface area contributed by atoms with E-state index in [-0.39, 0.29) is 23.2 Å². The number of aliphatic hydroxyl groups excluding tert-OH is 1. The molecule has 0 amide bonds. The summed E-state index contributed by atoms with van der Waals surface area (Å²) < 4.78 is 6.47. The maximum absolute atomic E-state index is 11.6. The lowest BCUT2D eigenvalue weighted by atomic mass is 9.49. The maximum atomic E-state index is 11.6. The summed E-state index contributed by atoms with van der Waals surface area (Å²) in [4.78, 5) is 2.78. The molecule has 0 aromatic heterocycles. The van der Waals surface area contributed by atoms with E-state index in [0.717, 1.165) is 31.8 Å². The average molecular weight is 389 g/mol. The monoisotopic (exact) mass is 389 g/mol. The zero-order valence-electron chi connectivity index (χ0n) is 16.5. The predicted octanol–water partition coefficient (Wildman–Crippen LogP) is 3.35. The van der Waals surface area contributed by atoms with Crippen LogP contribution in [0.1, 0.15) is 48.3 Å². The number of hydrogen-bond donors (Lipinski definition) is 2. The van der Waals surface area contributed by atoms with Gasteiger partial charge in [-0.15, -0.1) is 0 Å². The number of hydrogen-bond acceptors (Lipinski definition) is 4. The van der Waals surface area contributed by atoms with E-state index < -0.39 is 6.10 Å². The second kappa shape index (κ2) is 5.55. The number of likely N-dealkylation sites (tertiary alicyclic amines) is 1. The fourth-order valence-corrected chi connectivity index (χ4v) is 7.43. The van der Waals surface area contributed by atoms with E-state index in [9.17, 15) is 10.2 Å². The van der Waals surface area contributed by atoms with Gasteiger partial charge in [-0.05, 0) is 61.8 Å². The first kappa shape index (κ1) is 16.7. The highest BCUT2D eigenvalue weighted by Crippen LogP contribution is 2.66. The number of benzene rings is 2. The average Bonchev–Trinajstić information content (AvgIpc) is 3.51. The van der Waals surface area contributed by atoms with Gasteiger partial charge in [0.25, 0.3) is 0 Å². The lowest BCUT2D eigenvalue weighted by Crippen LogP contribution is -2.68. The van der Waals surface area contributed by atoms with Crippen LogP contribution in [0.25, 0.3) is 0 Å². The van der Waals surface area contributed by atoms with Crippen molar-refractivity contribution in [1.29, 1.82) is 0 Å². The Morgan fingerprint density at radius 1 is 1.07 bits per heavy atom. The number of rotatable bonds is 2. The highest BCUT2D eigenvalue weighted by atomic mass is 16.5. The van der Waals surface area contributed by atoms with E-state index in [2.05, 4.69) is 35.2 Å². The summed E-state index contributed by atoms with van der Waals surface area (Å²) in [5, 5.41) is 22.2. The van der Waals surface area contributed by atoms with Gasteiger partial charge in [0.05, 0.1) is 6.10 Å². The van der Waals surface area contributed by atoms with Gasteiger partial charge in [0.2, 0.25) is 0 Å². The molecule has 2 aliphatic heterocycles. The van der Waals surface area contributed by atoms with Crippen molar-refractivity contribution in [3.8, 4) is 11.5 Å². The molecule has 1 unspecified atom stereocenters. The number of nitrogens with zero attached hydrogens (tertiary/aromatic N) is 1. The third kappa shape index (κ3) is 2.02. The van der Waals surface area contributed by atoms with Gasteiger partial charge in [0, 0.05) is 29.0 Å². The van der Waals surface area contributed by atoms with Crippen LogP contribution in [0.5, 0.6) is 11.5 Å². The molecule has 4 nitrogen and oxygen atoms in total. The van der Waals surface area contributed by atoms with Gasteiger partial charge in [0.15, 0.2) is 11.5 Å². The fraction of sp³-hybridized carbons (Fsp3) is 0.520. The second-order valence-corrected chi connectivity index (χ2v) is 9.87. The number of phenols is 1. The Bertz CT molecular complexity index is 987. The first-order chi connectivity index (χ1) is 14.2. The molecule has 2 N–H and O–H groups in total. The Morgan fingerprint density at radius 2 is 1.90 bits per heavy atom. The van der Waals surface area contributed by atoms with E-state index >= 15 is 0 Å². The minimum Gasteiger partial charge on any atom is -0.504 e. The molecule has 2 aromatic carbocycles. The SMILES string of the molecule is Oc1ccc2c3c1O[C@H]1[C@@H](O)[C@@H](c4ccccc4)CC4[C@@H](C2)N(C2CC2)CC[C@@]341. The number of piperidine rings is 1. The second-order valence-electron chi connectivity index (χ2n) is 9.87. The molecule has 6 atom stereocenters. The van der Waals surface area contributed by atoms with Gasteiger partial charge in [0.1, 0.15) is 6.10 Å². The molecule has 3 aliphatic carbocycles. The summed E-state index contributed by atoms with van der Waals surface area (Å²) in [6.45, 7) is 1.09.